The third-order valence-electron chi connectivity index (χ3n) is 5.95. The summed E-state index contributed by atoms with van der Waals surface area (Å²) < 4.78 is 33.6. The molecule has 0 saturated heterocycles. The van der Waals surface area contributed by atoms with Gasteiger partial charge in [0, 0.05) is 25.8 Å². The zero-order chi connectivity index (χ0) is 28.5. The highest BCUT2D eigenvalue weighted by Gasteiger charge is 2.22. The fraction of sp³-hybridized carbons (Fsp3) is 0.400. The number of nitrogens with zero attached hydrogens (tertiary/aromatic N) is 1. The standard InChI is InChI=1S/C30H39N3O5S/c1-5-6-20-38-27-12-8-7-11-26(27)29(35)31-18-17-23-13-15-25(16-14-23)39(36,37)32-28(34)24-10-9-19-33(21-24)22-30(2,3)4/h7-16,21H,5-6,17-20,22H2,1-4H3,(H,31,35)(H,32,34). The van der Waals surface area contributed by atoms with E-state index in [2.05, 4.69) is 37.7 Å². The van der Waals surface area contributed by atoms with E-state index in [-0.39, 0.29) is 16.2 Å². The smallest absolute Gasteiger partial charge is 0.266 e. The van der Waals surface area contributed by atoms with Crippen LogP contribution in [0.3, 0.4) is 0 Å². The van der Waals surface area contributed by atoms with Crippen LogP contribution in [0.1, 0.15) is 56.5 Å². The van der Waals surface area contributed by atoms with Crippen molar-refractivity contribution in [2.75, 3.05) is 26.2 Å². The number of para-hydroxylation sites is 1. The van der Waals surface area contributed by atoms with Crippen molar-refractivity contribution in [3.63, 3.8) is 0 Å². The van der Waals surface area contributed by atoms with Crippen LogP contribution >= 0.6 is 0 Å². The first kappa shape index (κ1) is 30.0. The Morgan fingerprint density at radius 2 is 1.74 bits per heavy atom. The van der Waals surface area contributed by atoms with E-state index in [1.807, 2.05) is 17.0 Å². The van der Waals surface area contributed by atoms with Crippen LogP contribution in [0, 0.1) is 5.41 Å². The summed E-state index contributed by atoms with van der Waals surface area (Å²) >= 11 is 0. The number of carbonyl (C=O) groups is 2. The summed E-state index contributed by atoms with van der Waals surface area (Å²) in [5.74, 6) is -0.340. The molecule has 0 aromatic heterocycles. The third kappa shape index (κ3) is 9.28. The Labute approximate surface area is 232 Å². The lowest BCUT2D eigenvalue weighted by Crippen LogP contribution is -2.35. The molecule has 0 spiro atoms. The molecule has 8 nitrogen and oxygen atoms in total. The van der Waals surface area contributed by atoms with Crippen LogP contribution in [0.5, 0.6) is 5.75 Å². The maximum atomic E-state index is 12.8. The van der Waals surface area contributed by atoms with Crippen molar-refractivity contribution in [3.05, 3.63) is 83.6 Å². The maximum Gasteiger partial charge on any atom is 0.266 e. The minimum absolute atomic E-state index is 0.00581. The predicted molar refractivity (Wildman–Crippen MR) is 153 cm³/mol. The average Bonchev–Trinajstić information content (AvgIpc) is 2.88. The second-order valence-corrected chi connectivity index (χ2v) is 12.4. The highest BCUT2D eigenvalue weighted by Crippen LogP contribution is 2.20. The van der Waals surface area contributed by atoms with Gasteiger partial charge in [-0.1, -0.05) is 70.5 Å². The lowest BCUT2D eigenvalue weighted by atomic mass is 9.96. The van der Waals surface area contributed by atoms with Gasteiger partial charge in [0.25, 0.3) is 21.8 Å². The van der Waals surface area contributed by atoms with Gasteiger partial charge in [-0.3, -0.25) is 9.59 Å². The van der Waals surface area contributed by atoms with Gasteiger partial charge in [-0.15, -0.1) is 0 Å². The van der Waals surface area contributed by atoms with Crippen molar-refractivity contribution in [3.8, 4) is 5.75 Å². The molecule has 1 aliphatic rings. The molecule has 2 N–H and O–H groups in total. The SMILES string of the molecule is CCCCOc1ccccc1C(=O)NCCc1ccc(S(=O)(=O)NC(=O)C2=CN(CC(C)(C)C)CC=C2)cc1. The van der Waals surface area contributed by atoms with E-state index in [1.165, 1.54) is 12.1 Å². The molecular formula is C30H39N3O5S. The number of ether oxygens (including phenoxy) is 1. The molecule has 0 saturated carbocycles. The van der Waals surface area contributed by atoms with Crippen molar-refractivity contribution in [1.29, 1.82) is 0 Å². The molecule has 0 atom stereocenters. The van der Waals surface area contributed by atoms with Crippen molar-refractivity contribution in [2.24, 2.45) is 5.41 Å². The number of benzene rings is 2. The Morgan fingerprint density at radius 3 is 2.44 bits per heavy atom. The van der Waals surface area contributed by atoms with Crippen LogP contribution in [0.4, 0.5) is 0 Å². The first-order chi connectivity index (χ1) is 18.5. The van der Waals surface area contributed by atoms with Crippen LogP contribution in [0.2, 0.25) is 0 Å². The van der Waals surface area contributed by atoms with Gasteiger partial charge in [-0.2, -0.15) is 0 Å². The summed E-state index contributed by atoms with van der Waals surface area (Å²) in [4.78, 5) is 27.4. The Balaban J connectivity index is 1.55. The monoisotopic (exact) mass is 553 g/mol. The first-order valence-electron chi connectivity index (χ1n) is 13.3. The number of sulfonamides is 1. The lowest BCUT2D eigenvalue weighted by Gasteiger charge is -2.30. The highest BCUT2D eigenvalue weighted by molar-refractivity contribution is 7.90. The normalized spacial score (nSPS) is 13.5. The first-order valence-corrected chi connectivity index (χ1v) is 14.8. The van der Waals surface area contributed by atoms with E-state index in [1.54, 1.807) is 42.6 Å². The zero-order valence-corrected chi connectivity index (χ0v) is 24.0. The van der Waals surface area contributed by atoms with Crippen LogP contribution in [0.25, 0.3) is 0 Å². The summed E-state index contributed by atoms with van der Waals surface area (Å²) in [6.45, 7) is 10.7. The Hall–Kier alpha value is -3.59. The summed E-state index contributed by atoms with van der Waals surface area (Å²) in [6.07, 6.45) is 7.61. The number of hydrogen-bond acceptors (Lipinski definition) is 6. The van der Waals surface area contributed by atoms with Crippen LogP contribution < -0.4 is 14.8 Å². The molecule has 0 radical (unpaired) electrons. The molecule has 0 bridgehead atoms. The summed E-state index contributed by atoms with van der Waals surface area (Å²) in [7, 11) is -4.04. The van der Waals surface area contributed by atoms with Gasteiger partial charge in [0.05, 0.1) is 22.6 Å². The molecule has 2 amide bonds. The van der Waals surface area contributed by atoms with E-state index in [9.17, 15) is 18.0 Å². The van der Waals surface area contributed by atoms with E-state index in [0.29, 0.717) is 43.0 Å². The fourth-order valence-electron chi connectivity index (χ4n) is 4.06. The summed E-state index contributed by atoms with van der Waals surface area (Å²) in [5, 5.41) is 2.89. The molecule has 210 valence electrons. The number of carbonyl (C=O) groups excluding carboxylic acids is 2. The maximum absolute atomic E-state index is 12.8. The van der Waals surface area contributed by atoms with Gasteiger partial charge in [0.15, 0.2) is 0 Å². The molecule has 9 heteroatoms. The quantitative estimate of drug-likeness (QED) is 0.377. The minimum atomic E-state index is -4.04. The Bertz CT molecular complexity index is 1310. The van der Waals surface area contributed by atoms with Gasteiger partial charge < -0.3 is 15.0 Å². The second kappa shape index (κ2) is 13.5. The molecule has 0 fully saturated rings. The third-order valence-corrected chi connectivity index (χ3v) is 7.29. The van der Waals surface area contributed by atoms with Crippen molar-refractivity contribution in [2.45, 2.75) is 51.9 Å². The van der Waals surface area contributed by atoms with Gasteiger partial charge in [0.1, 0.15) is 5.75 Å². The number of nitrogens with one attached hydrogen (secondary N) is 2. The summed E-state index contributed by atoms with van der Waals surface area (Å²) in [6, 6.07) is 13.4. The van der Waals surface area contributed by atoms with Crippen LogP contribution in [0.15, 0.2) is 77.4 Å². The van der Waals surface area contributed by atoms with Gasteiger partial charge in [-0.05, 0) is 48.1 Å². The topological polar surface area (TPSA) is 105 Å². The second-order valence-electron chi connectivity index (χ2n) is 10.8. The Morgan fingerprint density at radius 1 is 1.03 bits per heavy atom. The average molecular weight is 554 g/mol. The Kier molecular flexibility index (Phi) is 10.3. The predicted octanol–water partition coefficient (Wildman–Crippen LogP) is 4.44. The minimum Gasteiger partial charge on any atom is -0.493 e. The van der Waals surface area contributed by atoms with E-state index in [4.69, 9.17) is 4.74 Å². The largest absolute Gasteiger partial charge is 0.493 e. The van der Waals surface area contributed by atoms with Crippen LogP contribution in [-0.2, 0) is 21.2 Å². The van der Waals surface area contributed by atoms with Crippen molar-refractivity contribution >= 4 is 21.8 Å². The number of rotatable bonds is 12. The fourth-order valence-corrected chi connectivity index (χ4v) is 5.03. The highest BCUT2D eigenvalue weighted by atomic mass is 32.2. The molecule has 2 aromatic rings. The summed E-state index contributed by atoms with van der Waals surface area (Å²) in [5.41, 5.74) is 1.66. The van der Waals surface area contributed by atoms with Gasteiger partial charge in [0.2, 0.25) is 0 Å². The number of unbranched alkanes of at least 4 members (excludes halogenated alkanes) is 1. The van der Waals surface area contributed by atoms with E-state index in [0.717, 1.165) is 24.9 Å². The number of amides is 2. The lowest BCUT2D eigenvalue weighted by molar-refractivity contribution is -0.115. The molecule has 2 aromatic carbocycles. The molecule has 1 aliphatic heterocycles. The van der Waals surface area contributed by atoms with Crippen LogP contribution in [-0.4, -0.2) is 51.4 Å². The van der Waals surface area contributed by atoms with Gasteiger partial charge in [-0.25, -0.2) is 13.1 Å². The molecule has 39 heavy (non-hydrogen) atoms. The molecule has 0 unspecified atom stereocenters. The van der Waals surface area contributed by atoms with Crippen molar-refractivity contribution < 1.29 is 22.7 Å². The molecule has 0 aliphatic carbocycles. The zero-order valence-electron chi connectivity index (χ0n) is 23.2. The van der Waals surface area contributed by atoms with Crippen molar-refractivity contribution in [1.82, 2.24) is 14.9 Å². The van der Waals surface area contributed by atoms with Gasteiger partial charge >= 0.3 is 0 Å². The molecule has 3 rings (SSSR count). The molecule has 1 heterocycles. The number of hydrogen-bond donors (Lipinski definition) is 2. The molecular weight excluding hydrogens is 514 g/mol. The van der Waals surface area contributed by atoms with E-state index >= 15 is 0 Å². The van der Waals surface area contributed by atoms with E-state index < -0.39 is 15.9 Å².